The van der Waals surface area contributed by atoms with Crippen LogP contribution in [0.3, 0.4) is 0 Å². The third kappa shape index (κ3) is 1.88. The Morgan fingerprint density at radius 1 is 1.09 bits per heavy atom. The molecule has 1 atom stereocenters. The molecule has 1 unspecified atom stereocenters. The summed E-state index contributed by atoms with van der Waals surface area (Å²) in [6, 6.07) is 9.36. The van der Waals surface area contributed by atoms with Crippen LogP contribution in [0.15, 0.2) is 35.9 Å². The number of Topliss-reactive ketones (excluding diaryl/α,β-unsaturated/α-hetero) is 2. The average molecular weight is 295 g/mol. The Morgan fingerprint density at radius 2 is 1.82 bits per heavy atom. The molecular formula is C18H17NO3. The van der Waals surface area contributed by atoms with Crippen molar-refractivity contribution in [1.82, 2.24) is 0 Å². The number of hydrogen-bond acceptors (Lipinski definition) is 4. The Morgan fingerprint density at radius 3 is 2.50 bits per heavy atom. The van der Waals surface area contributed by atoms with Crippen LogP contribution in [-0.2, 0) is 4.79 Å². The number of hydrogen-bond donors (Lipinski definition) is 2. The zero-order valence-corrected chi connectivity index (χ0v) is 12.5. The lowest BCUT2D eigenvalue weighted by Gasteiger charge is -2.23. The van der Waals surface area contributed by atoms with Crippen LogP contribution in [0.1, 0.15) is 28.4 Å². The van der Waals surface area contributed by atoms with Crippen molar-refractivity contribution in [3.63, 3.8) is 0 Å². The van der Waals surface area contributed by atoms with Gasteiger partial charge in [-0.3, -0.25) is 9.59 Å². The van der Waals surface area contributed by atoms with Gasteiger partial charge in [0.2, 0.25) is 11.6 Å². The summed E-state index contributed by atoms with van der Waals surface area (Å²) in [4.78, 5) is 25.0. The quantitative estimate of drug-likeness (QED) is 0.832. The first-order valence-corrected chi connectivity index (χ1v) is 7.19. The third-order valence-electron chi connectivity index (χ3n) is 4.30. The van der Waals surface area contributed by atoms with E-state index in [1.807, 2.05) is 31.2 Å². The molecule has 4 nitrogen and oxygen atoms in total. The fourth-order valence-corrected chi connectivity index (χ4v) is 3.07. The Labute approximate surface area is 128 Å². The van der Waals surface area contributed by atoms with E-state index in [0.717, 1.165) is 16.3 Å². The van der Waals surface area contributed by atoms with E-state index in [-0.39, 0.29) is 12.2 Å². The lowest BCUT2D eigenvalue weighted by atomic mass is 9.80. The van der Waals surface area contributed by atoms with Crippen LogP contribution in [0, 0.1) is 12.8 Å². The highest BCUT2D eigenvalue weighted by molar-refractivity contribution is 6.54. The molecule has 1 aliphatic carbocycles. The summed E-state index contributed by atoms with van der Waals surface area (Å²) in [7, 11) is 0. The zero-order chi connectivity index (χ0) is 16.0. The molecule has 3 rings (SSSR count). The maximum Gasteiger partial charge on any atom is 0.234 e. The van der Waals surface area contributed by atoms with Crippen molar-refractivity contribution in [2.45, 2.75) is 13.8 Å². The average Bonchev–Trinajstić information content (AvgIpc) is 2.52. The van der Waals surface area contributed by atoms with Gasteiger partial charge in [-0.1, -0.05) is 37.3 Å². The van der Waals surface area contributed by atoms with Crippen LogP contribution < -0.4 is 5.73 Å². The first-order valence-electron chi connectivity index (χ1n) is 7.19. The molecule has 3 N–H and O–H groups in total. The van der Waals surface area contributed by atoms with Gasteiger partial charge in [0.15, 0.2) is 0 Å². The molecule has 0 fully saturated rings. The van der Waals surface area contributed by atoms with E-state index in [2.05, 4.69) is 0 Å². The van der Waals surface area contributed by atoms with Crippen molar-refractivity contribution < 1.29 is 14.7 Å². The SMILES string of the molecule is Cc1cccc2c3c(ccc12)C(N)=C(C(C)CO)C(=O)C3=O. The third-order valence-corrected chi connectivity index (χ3v) is 4.30. The summed E-state index contributed by atoms with van der Waals surface area (Å²) in [5.74, 6) is -1.62. The molecule has 1 aliphatic rings. The van der Waals surface area contributed by atoms with Gasteiger partial charge in [-0.05, 0) is 23.3 Å². The van der Waals surface area contributed by atoms with Crippen molar-refractivity contribution in [2.24, 2.45) is 11.7 Å². The highest BCUT2D eigenvalue weighted by Crippen LogP contribution is 2.35. The summed E-state index contributed by atoms with van der Waals surface area (Å²) in [5.41, 5.74) is 8.65. The molecule has 0 saturated carbocycles. The molecule has 0 saturated heterocycles. The number of nitrogens with two attached hydrogens (primary N) is 1. The molecule has 0 heterocycles. The summed E-state index contributed by atoms with van der Waals surface area (Å²) >= 11 is 0. The molecule has 0 amide bonds. The first-order chi connectivity index (χ1) is 10.5. The minimum absolute atomic E-state index is 0.215. The molecule has 0 aliphatic heterocycles. The van der Waals surface area contributed by atoms with Gasteiger partial charge in [0.05, 0.1) is 0 Å². The van der Waals surface area contributed by atoms with Crippen LogP contribution in [0.25, 0.3) is 16.5 Å². The Hall–Kier alpha value is -2.46. The molecule has 112 valence electrons. The van der Waals surface area contributed by atoms with E-state index in [0.29, 0.717) is 16.8 Å². The maximum atomic E-state index is 12.6. The van der Waals surface area contributed by atoms with E-state index in [1.165, 1.54) is 0 Å². The lowest BCUT2D eigenvalue weighted by molar-refractivity contribution is -0.112. The fraction of sp³-hybridized carbons (Fsp3) is 0.222. The van der Waals surface area contributed by atoms with Crippen LogP contribution in [0.2, 0.25) is 0 Å². The number of ketones is 2. The number of fused-ring (bicyclic) bond motifs is 3. The van der Waals surface area contributed by atoms with Gasteiger partial charge in [0.25, 0.3) is 0 Å². The predicted molar refractivity (Wildman–Crippen MR) is 85.4 cm³/mol. The second kappa shape index (κ2) is 5.07. The molecule has 2 aromatic rings. The van der Waals surface area contributed by atoms with E-state index >= 15 is 0 Å². The Balaban J connectivity index is 2.40. The molecule has 0 aromatic heterocycles. The van der Waals surface area contributed by atoms with Gasteiger partial charge in [-0.25, -0.2) is 0 Å². The molecular weight excluding hydrogens is 278 g/mol. The second-order valence-corrected chi connectivity index (χ2v) is 5.73. The molecule has 0 bridgehead atoms. The monoisotopic (exact) mass is 295 g/mol. The lowest BCUT2D eigenvalue weighted by Crippen LogP contribution is -2.30. The highest BCUT2D eigenvalue weighted by atomic mass is 16.3. The predicted octanol–water partition coefficient (Wildman–Crippen LogP) is 2.21. The number of aliphatic hydroxyl groups excluding tert-OH is 1. The topological polar surface area (TPSA) is 80.4 Å². The second-order valence-electron chi connectivity index (χ2n) is 5.73. The summed E-state index contributed by atoms with van der Waals surface area (Å²) in [6.07, 6.45) is 0. The first kappa shape index (κ1) is 14.5. The van der Waals surface area contributed by atoms with Gasteiger partial charge in [0.1, 0.15) is 0 Å². The smallest absolute Gasteiger partial charge is 0.234 e. The van der Waals surface area contributed by atoms with Crippen molar-refractivity contribution in [3.8, 4) is 0 Å². The van der Waals surface area contributed by atoms with Crippen molar-refractivity contribution in [1.29, 1.82) is 0 Å². The molecule has 2 aromatic carbocycles. The van der Waals surface area contributed by atoms with Crippen LogP contribution in [-0.4, -0.2) is 23.3 Å². The van der Waals surface area contributed by atoms with Gasteiger partial charge >= 0.3 is 0 Å². The highest BCUT2D eigenvalue weighted by Gasteiger charge is 2.35. The number of carbonyl (C=O) groups is 2. The number of benzene rings is 2. The number of rotatable bonds is 2. The van der Waals surface area contributed by atoms with Crippen molar-refractivity contribution in [3.05, 3.63) is 52.6 Å². The molecule has 4 heteroatoms. The zero-order valence-electron chi connectivity index (χ0n) is 12.5. The minimum atomic E-state index is -0.611. The minimum Gasteiger partial charge on any atom is -0.398 e. The van der Waals surface area contributed by atoms with E-state index in [4.69, 9.17) is 5.73 Å². The number of aryl methyl sites for hydroxylation is 1. The number of carbonyl (C=O) groups excluding carboxylic acids is 2. The van der Waals surface area contributed by atoms with E-state index in [9.17, 15) is 14.7 Å². The van der Waals surface area contributed by atoms with Gasteiger partial charge in [0, 0.05) is 34.9 Å². The fourth-order valence-electron chi connectivity index (χ4n) is 3.07. The van der Waals surface area contributed by atoms with Gasteiger partial charge in [-0.2, -0.15) is 0 Å². The normalized spacial score (nSPS) is 16.1. The maximum absolute atomic E-state index is 12.6. The van der Waals surface area contributed by atoms with E-state index in [1.54, 1.807) is 13.0 Å². The van der Waals surface area contributed by atoms with Crippen LogP contribution >= 0.6 is 0 Å². The summed E-state index contributed by atoms with van der Waals surface area (Å²) in [5, 5.41) is 11.0. The standard InChI is InChI=1S/C18H17NO3/c1-9-4-3-5-12-11(9)6-7-13-15(12)18(22)17(21)14(16(13)19)10(2)8-20/h3-7,10,20H,8,19H2,1-2H3. The van der Waals surface area contributed by atoms with Crippen molar-refractivity contribution >= 4 is 28.0 Å². The van der Waals surface area contributed by atoms with Crippen LogP contribution in [0.4, 0.5) is 0 Å². The van der Waals surface area contributed by atoms with Crippen LogP contribution in [0.5, 0.6) is 0 Å². The molecule has 0 radical (unpaired) electrons. The molecule has 22 heavy (non-hydrogen) atoms. The largest absolute Gasteiger partial charge is 0.398 e. The number of aliphatic hydroxyl groups is 1. The van der Waals surface area contributed by atoms with Crippen molar-refractivity contribution in [2.75, 3.05) is 6.61 Å². The van der Waals surface area contributed by atoms with E-state index < -0.39 is 17.5 Å². The van der Waals surface area contributed by atoms with Gasteiger partial charge in [-0.15, -0.1) is 0 Å². The Kier molecular flexibility index (Phi) is 3.34. The Bertz CT molecular complexity index is 849. The summed E-state index contributed by atoms with van der Waals surface area (Å²) < 4.78 is 0. The summed E-state index contributed by atoms with van der Waals surface area (Å²) in [6.45, 7) is 3.42. The van der Waals surface area contributed by atoms with Gasteiger partial charge < -0.3 is 10.8 Å². The molecule has 0 spiro atoms.